The predicted molar refractivity (Wildman–Crippen MR) is 149 cm³/mol. The number of halogens is 1. The summed E-state index contributed by atoms with van der Waals surface area (Å²) in [6.07, 6.45) is 6.64. The quantitative estimate of drug-likeness (QED) is 0.454. The van der Waals surface area contributed by atoms with Gasteiger partial charge in [0.15, 0.2) is 0 Å². The molecule has 0 radical (unpaired) electrons. The fourth-order valence-electron chi connectivity index (χ4n) is 4.86. The van der Waals surface area contributed by atoms with E-state index in [1.807, 2.05) is 45.0 Å². The van der Waals surface area contributed by atoms with Gasteiger partial charge in [0.25, 0.3) is 0 Å². The van der Waals surface area contributed by atoms with Crippen LogP contribution in [0, 0.1) is 13.8 Å². The summed E-state index contributed by atoms with van der Waals surface area (Å²) in [4.78, 5) is 28.8. The first-order valence-corrected chi connectivity index (χ1v) is 15.1. The summed E-state index contributed by atoms with van der Waals surface area (Å²) >= 11 is 6.42. The number of amides is 2. The normalized spacial score (nSPS) is 15.2. The summed E-state index contributed by atoms with van der Waals surface area (Å²) in [5.41, 5.74) is 2.77. The van der Waals surface area contributed by atoms with Crippen molar-refractivity contribution in [2.24, 2.45) is 0 Å². The molecule has 2 aromatic carbocycles. The largest absolute Gasteiger partial charge is 0.352 e. The van der Waals surface area contributed by atoms with Crippen LogP contribution in [-0.2, 0) is 26.2 Å². The highest BCUT2D eigenvalue weighted by molar-refractivity contribution is 7.92. The van der Waals surface area contributed by atoms with E-state index in [-0.39, 0.29) is 18.5 Å². The van der Waals surface area contributed by atoms with Gasteiger partial charge in [-0.15, -0.1) is 0 Å². The minimum absolute atomic E-state index is 0.0926. The van der Waals surface area contributed by atoms with Crippen LogP contribution in [0.1, 0.15) is 62.1 Å². The van der Waals surface area contributed by atoms with Crippen molar-refractivity contribution in [2.45, 2.75) is 77.9 Å². The molecule has 0 spiro atoms. The number of aryl methyl sites for hydroxylation is 2. The number of carbonyl (C=O) groups is 2. The van der Waals surface area contributed by atoms with E-state index in [4.69, 9.17) is 11.6 Å². The van der Waals surface area contributed by atoms with Crippen molar-refractivity contribution in [1.82, 2.24) is 10.2 Å². The molecule has 1 aliphatic carbocycles. The van der Waals surface area contributed by atoms with Gasteiger partial charge in [-0.25, -0.2) is 8.42 Å². The molecule has 2 amide bonds. The molecule has 1 fully saturated rings. The number of carbonyl (C=O) groups excluding carboxylic acids is 2. The Hall–Kier alpha value is -2.58. The summed E-state index contributed by atoms with van der Waals surface area (Å²) in [6.45, 7) is 5.22. The lowest BCUT2D eigenvalue weighted by molar-refractivity contribution is -0.140. The number of anilines is 1. The molecule has 1 aliphatic rings. The van der Waals surface area contributed by atoms with E-state index in [2.05, 4.69) is 5.32 Å². The van der Waals surface area contributed by atoms with Gasteiger partial charge in [-0.3, -0.25) is 13.9 Å². The third-order valence-corrected chi connectivity index (χ3v) is 8.44. The van der Waals surface area contributed by atoms with Crippen molar-refractivity contribution in [3.63, 3.8) is 0 Å². The van der Waals surface area contributed by atoms with Crippen molar-refractivity contribution in [3.05, 3.63) is 64.2 Å². The molecular formula is C28H38ClN3O4S. The molecular weight excluding hydrogens is 510 g/mol. The van der Waals surface area contributed by atoms with Crippen LogP contribution in [0.3, 0.4) is 0 Å². The number of nitrogens with zero attached hydrogens (tertiary/aromatic N) is 2. The smallest absolute Gasteiger partial charge is 0.244 e. The highest BCUT2D eigenvalue weighted by Gasteiger charge is 2.33. The first-order chi connectivity index (χ1) is 17.5. The number of nitrogens with one attached hydrogen (secondary N) is 1. The summed E-state index contributed by atoms with van der Waals surface area (Å²) in [5.74, 6) is -0.677. The van der Waals surface area contributed by atoms with E-state index < -0.39 is 28.5 Å². The lowest BCUT2D eigenvalue weighted by atomic mass is 9.95. The van der Waals surface area contributed by atoms with Crippen LogP contribution in [0.15, 0.2) is 42.5 Å². The van der Waals surface area contributed by atoms with Gasteiger partial charge in [-0.05, 0) is 61.9 Å². The molecule has 1 unspecified atom stereocenters. The first kappa shape index (κ1) is 29.0. The van der Waals surface area contributed by atoms with Crippen LogP contribution in [-0.4, -0.2) is 50.0 Å². The third kappa shape index (κ3) is 7.71. The van der Waals surface area contributed by atoms with Gasteiger partial charge < -0.3 is 10.2 Å². The molecule has 3 rings (SSSR count). The molecule has 0 aliphatic heterocycles. The predicted octanol–water partition coefficient (Wildman–Crippen LogP) is 4.98. The van der Waals surface area contributed by atoms with E-state index in [1.165, 1.54) is 11.3 Å². The van der Waals surface area contributed by atoms with Gasteiger partial charge in [0.05, 0.1) is 11.9 Å². The number of rotatable bonds is 10. The maximum atomic E-state index is 13.9. The fourth-order valence-corrected chi connectivity index (χ4v) is 5.95. The van der Waals surface area contributed by atoms with Gasteiger partial charge in [0.1, 0.15) is 12.6 Å². The maximum Gasteiger partial charge on any atom is 0.244 e. The second kappa shape index (κ2) is 12.8. The monoisotopic (exact) mass is 547 g/mol. The van der Waals surface area contributed by atoms with Crippen molar-refractivity contribution in [2.75, 3.05) is 17.1 Å². The van der Waals surface area contributed by atoms with Crippen LogP contribution in [0.2, 0.25) is 5.02 Å². The Morgan fingerprint density at radius 1 is 1.08 bits per heavy atom. The van der Waals surface area contributed by atoms with Gasteiger partial charge in [-0.2, -0.15) is 0 Å². The Labute approximate surface area is 226 Å². The van der Waals surface area contributed by atoms with E-state index in [0.29, 0.717) is 22.7 Å². The van der Waals surface area contributed by atoms with E-state index >= 15 is 0 Å². The summed E-state index contributed by atoms with van der Waals surface area (Å²) in [6, 6.07) is 12.0. The summed E-state index contributed by atoms with van der Waals surface area (Å²) < 4.78 is 26.8. The Balaban J connectivity index is 1.95. The molecule has 1 saturated carbocycles. The maximum absolute atomic E-state index is 13.9. The van der Waals surface area contributed by atoms with Crippen molar-refractivity contribution < 1.29 is 18.0 Å². The topological polar surface area (TPSA) is 86.8 Å². The molecule has 202 valence electrons. The molecule has 1 atom stereocenters. The number of hydrogen-bond donors (Lipinski definition) is 1. The van der Waals surface area contributed by atoms with Crippen molar-refractivity contribution in [1.29, 1.82) is 0 Å². The molecule has 2 aromatic rings. The number of sulfonamides is 1. The molecule has 7 nitrogen and oxygen atoms in total. The number of hydrogen-bond acceptors (Lipinski definition) is 4. The zero-order chi connectivity index (χ0) is 27.2. The highest BCUT2D eigenvalue weighted by Crippen LogP contribution is 2.26. The summed E-state index contributed by atoms with van der Waals surface area (Å²) in [7, 11) is -3.78. The third-order valence-electron chi connectivity index (χ3n) is 6.95. The lowest BCUT2D eigenvalue weighted by Gasteiger charge is -2.34. The zero-order valence-corrected chi connectivity index (χ0v) is 23.7. The van der Waals surface area contributed by atoms with Crippen molar-refractivity contribution >= 4 is 39.1 Å². The molecule has 0 saturated heterocycles. The first-order valence-electron chi connectivity index (χ1n) is 12.9. The van der Waals surface area contributed by atoms with E-state index in [0.717, 1.165) is 47.4 Å². The van der Waals surface area contributed by atoms with Gasteiger partial charge in [-0.1, -0.05) is 68.1 Å². The Morgan fingerprint density at radius 3 is 2.38 bits per heavy atom. The van der Waals surface area contributed by atoms with Crippen LogP contribution in [0.4, 0.5) is 5.69 Å². The molecule has 37 heavy (non-hydrogen) atoms. The van der Waals surface area contributed by atoms with Gasteiger partial charge in [0.2, 0.25) is 21.8 Å². The molecule has 0 bridgehead atoms. The average molecular weight is 548 g/mol. The number of benzene rings is 2. The van der Waals surface area contributed by atoms with Gasteiger partial charge >= 0.3 is 0 Å². The molecule has 0 aromatic heterocycles. The fraction of sp³-hybridized carbons (Fsp3) is 0.500. The molecule has 9 heteroatoms. The molecule has 1 N–H and O–H groups in total. The SMILES string of the molecule is CCC(C(=O)NC1CCCCC1)N(Cc1ccccc1Cl)C(=O)CN(c1cc(C)ccc1C)S(C)(=O)=O. The van der Waals surface area contributed by atoms with Crippen LogP contribution in [0.25, 0.3) is 0 Å². The minimum atomic E-state index is -3.78. The van der Waals surface area contributed by atoms with E-state index in [9.17, 15) is 18.0 Å². The zero-order valence-electron chi connectivity index (χ0n) is 22.2. The van der Waals surface area contributed by atoms with E-state index in [1.54, 1.807) is 18.2 Å². The second-order valence-electron chi connectivity index (χ2n) is 9.94. The Morgan fingerprint density at radius 2 is 1.76 bits per heavy atom. The minimum Gasteiger partial charge on any atom is -0.352 e. The standard InChI is InChI=1S/C28H38ClN3O4S/c1-5-25(28(34)30-23-12-7-6-8-13-23)31(18-22-11-9-10-14-24(22)29)27(33)19-32(37(4,35)36)26-17-20(2)15-16-21(26)3/h9-11,14-17,23,25H,5-8,12-13,18-19H2,1-4H3,(H,30,34). The van der Waals surface area contributed by atoms with Gasteiger partial charge in [0, 0.05) is 17.6 Å². The van der Waals surface area contributed by atoms with Crippen LogP contribution >= 0.6 is 11.6 Å². The van der Waals surface area contributed by atoms with Crippen molar-refractivity contribution in [3.8, 4) is 0 Å². The highest BCUT2D eigenvalue weighted by atomic mass is 35.5. The Bertz CT molecular complexity index is 1210. The summed E-state index contributed by atoms with van der Waals surface area (Å²) in [5, 5.41) is 3.62. The average Bonchev–Trinajstić information content (AvgIpc) is 2.85. The van der Waals surface area contributed by atoms with Crippen LogP contribution < -0.4 is 9.62 Å². The van der Waals surface area contributed by atoms with Crippen LogP contribution in [0.5, 0.6) is 0 Å². The second-order valence-corrected chi connectivity index (χ2v) is 12.3. The Kier molecular flexibility index (Phi) is 10.0. The molecule has 0 heterocycles. The lowest BCUT2D eigenvalue weighted by Crippen LogP contribution is -2.54.